The molecule has 15 heavy (non-hydrogen) atoms. The molecule has 5 heteroatoms. The van der Waals surface area contributed by atoms with Gasteiger partial charge in [-0.05, 0) is 19.4 Å². The fraction of sp³-hybridized carbons (Fsp3) is 0.800. The standard InChI is InChI=1S/C10H18N4O/c1-15-10-13-12-9(6-7-11)14(10)8-4-2-3-5-8/h8H,2-7,11H2,1H3. The van der Waals surface area contributed by atoms with E-state index in [1.165, 1.54) is 25.7 Å². The number of aromatic nitrogens is 3. The summed E-state index contributed by atoms with van der Waals surface area (Å²) in [6.07, 6.45) is 5.74. The smallest absolute Gasteiger partial charge is 0.316 e. The summed E-state index contributed by atoms with van der Waals surface area (Å²) in [7, 11) is 1.64. The summed E-state index contributed by atoms with van der Waals surface area (Å²) in [5.74, 6) is 0.959. The van der Waals surface area contributed by atoms with E-state index in [0.29, 0.717) is 18.6 Å². The van der Waals surface area contributed by atoms with E-state index in [2.05, 4.69) is 14.8 Å². The minimum Gasteiger partial charge on any atom is -0.467 e. The molecular weight excluding hydrogens is 192 g/mol. The number of nitrogens with zero attached hydrogens (tertiary/aromatic N) is 3. The molecule has 2 N–H and O–H groups in total. The van der Waals surface area contributed by atoms with Gasteiger partial charge in [-0.3, -0.25) is 4.57 Å². The van der Waals surface area contributed by atoms with Gasteiger partial charge in [0.25, 0.3) is 0 Å². The van der Waals surface area contributed by atoms with E-state index in [-0.39, 0.29) is 0 Å². The molecule has 0 unspecified atom stereocenters. The third-order valence-corrected chi connectivity index (χ3v) is 2.98. The van der Waals surface area contributed by atoms with Gasteiger partial charge in [-0.1, -0.05) is 17.9 Å². The van der Waals surface area contributed by atoms with E-state index in [0.717, 1.165) is 12.2 Å². The molecule has 1 aliphatic carbocycles. The highest BCUT2D eigenvalue weighted by molar-refractivity contribution is 5.05. The summed E-state index contributed by atoms with van der Waals surface area (Å²) < 4.78 is 7.36. The highest BCUT2D eigenvalue weighted by Crippen LogP contribution is 2.33. The van der Waals surface area contributed by atoms with Gasteiger partial charge >= 0.3 is 6.01 Å². The van der Waals surface area contributed by atoms with E-state index in [1.54, 1.807) is 7.11 Å². The van der Waals surface area contributed by atoms with Gasteiger partial charge in [0, 0.05) is 12.5 Å². The summed E-state index contributed by atoms with van der Waals surface area (Å²) in [4.78, 5) is 0. The van der Waals surface area contributed by atoms with E-state index >= 15 is 0 Å². The highest BCUT2D eigenvalue weighted by Gasteiger charge is 2.23. The average molecular weight is 210 g/mol. The molecule has 1 saturated carbocycles. The molecule has 0 aromatic carbocycles. The summed E-state index contributed by atoms with van der Waals surface area (Å²) >= 11 is 0. The second kappa shape index (κ2) is 4.61. The maximum atomic E-state index is 5.56. The Kier molecular flexibility index (Phi) is 3.20. The normalized spacial score (nSPS) is 17.2. The van der Waals surface area contributed by atoms with Crippen molar-refractivity contribution in [2.24, 2.45) is 5.73 Å². The molecule has 0 atom stereocenters. The van der Waals surface area contributed by atoms with E-state index in [1.807, 2.05) is 0 Å². The fourth-order valence-corrected chi connectivity index (χ4v) is 2.28. The van der Waals surface area contributed by atoms with Crippen LogP contribution in [0.25, 0.3) is 0 Å². The van der Waals surface area contributed by atoms with Crippen molar-refractivity contribution in [1.29, 1.82) is 0 Å². The predicted molar refractivity (Wildman–Crippen MR) is 56.8 cm³/mol. The van der Waals surface area contributed by atoms with Crippen LogP contribution < -0.4 is 10.5 Å². The van der Waals surface area contributed by atoms with Crippen LogP contribution in [0.3, 0.4) is 0 Å². The Balaban J connectivity index is 2.27. The number of nitrogens with two attached hydrogens (primary N) is 1. The predicted octanol–water partition coefficient (Wildman–Crippen LogP) is 0.903. The van der Waals surface area contributed by atoms with Crippen molar-refractivity contribution in [3.05, 3.63) is 5.82 Å². The Morgan fingerprint density at radius 1 is 1.40 bits per heavy atom. The van der Waals surface area contributed by atoms with Crippen LogP contribution in [0.2, 0.25) is 0 Å². The molecule has 84 valence electrons. The molecule has 1 aliphatic rings. The van der Waals surface area contributed by atoms with Gasteiger partial charge in [-0.25, -0.2) is 0 Å². The quantitative estimate of drug-likeness (QED) is 0.802. The molecule has 0 amide bonds. The van der Waals surface area contributed by atoms with E-state index < -0.39 is 0 Å². The first kappa shape index (κ1) is 10.4. The van der Waals surface area contributed by atoms with Crippen molar-refractivity contribution in [2.75, 3.05) is 13.7 Å². The van der Waals surface area contributed by atoms with Crippen molar-refractivity contribution < 1.29 is 4.74 Å². The molecular formula is C10H18N4O. The first-order valence-corrected chi connectivity index (χ1v) is 5.54. The number of rotatable bonds is 4. The molecule has 1 heterocycles. The van der Waals surface area contributed by atoms with Crippen molar-refractivity contribution in [3.8, 4) is 6.01 Å². The van der Waals surface area contributed by atoms with Crippen LogP contribution >= 0.6 is 0 Å². The molecule has 0 spiro atoms. The Morgan fingerprint density at radius 2 is 2.13 bits per heavy atom. The van der Waals surface area contributed by atoms with Gasteiger partial charge in [0.15, 0.2) is 0 Å². The Labute approximate surface area is 89.6 Å². The SMILES string of the molecule is COc1nnc(CCN)n1C1CCCC1. The molecule has 1 aromatic rings. The zero-order valence-electron chi connectivity index (χ0n) is 9.15. The van der Waals surface area contributed by atoms with Gasteiger partial charge in [0.05, 0.1) is 7.11 Å². The van der Waals surface area contributed by atoms with Gasteiger partial charge in [-0.2, -0.15) is 0 Å². The third-order valence-electron chi connectivity index (χ3n) is 2.98. The van der Waals surface area contributed by atoms with Gasteiger partial charge < -0.3 is 10.5 Å². The largest absolute Gasteiger partial charge is 0.467 e. The van der Waals surface area contributed by atoms with E-state index in [4.69, 9.17) is 10.5 Å². The molecule has 0 bridgehead atoms. The van der Waals surface area contributed by atoms with Crippen LogP contribution in [-0.2, 0) is 6.42 Å². The number of hydrogen-bond acceptors (Lipinski definition) is 4. The summed E-state index contributed by atoms with van der Waals surface area (Å²) in [5.41, 5.74) is 5.56. The minimum atomic E-state index is 0.511. The number of methoxy groups -OCH3 is 1. The molecule has 1 fully saturated rings. The van der Waals surface area contributed by atoms with Crippen LogP contribution in [0.4, 0.5) is 0 Å². The second-order valence-corrected chi connectivity index (χ2v) is 3.95. The van der Waals surface area contributed by atoms with Crippen molar-refractivity contribution >= 4 is 0 Å². The lowest BCUT2D eigenvalue weighted by molar-refractivity contribution is 0.332. The molecule has 0 radical (unpaired) electrons. The molecule has 0 aliphatic heterocycles. The first-order chi connectivity index (χ1) is 7.36. The molecule has 5 nitrogen and oxygen atoms in total. The summed E-state index contributed by atoms with van der Waals surface area (Å²) in [6.45, 7) is 0.606. The van der Waals surface area contributed by atoms with Crippen molar-refractivity contribution in [1.82, 2.24) is 14.8 Å². The van der Waals surface area contributed by atoms with Crippen molar-refractivity contribution in [3.63, 3.8) is 0 Å². The molecule has 0 saturated heterocycles. The highest BCUT2D eigenvalue weighted by atomic mass is 16.5. The third kappa shape index (κ3) is 1.97. The van der Waals surface area contributed by atoms with Crippen LogP contribution in [-0.4, -0.2) is 28.4 Å². The average Bonchev–Trinajstić information content (AvgIpc) is 2.85. The zero-order chi connectivity index (χ0) is 10.7. The molecule has 2 rings (SSSR count). The Hall–Kier alpha value is -1.10. The maximum Gasteiger partial charge on any atom is 0.316 e. The topological polar surface area (TPSA) is 66.0 Å². The Bertz CT molecular complexity index is 317. The van der Waals surface area contributed by atoms with Crippen LogP contribution in [0.15, 0.2) is 0 Å². The van der Waals surface area contributed by atoms with E-state index in [9.17, 15) is 0 Å². The lowest BCUT2D eigenvalue weighted by atomic mass is 10.2. The lowest BCUT2D eigenvalue weighted by Gasteiger charge is -2.15. The zero-order valence-corrected chi connectivity index (χ0v) is 9.15. The number of hydrogen-bond donors (Lipinski definition) is 1. The summed E-state index contributed by atoms with van der Waals surface area (Å²) in [6, 6.07) is 1.14. The van der Waals surface area contributed by atoms with Crippen LogP contribution in [0, 0.1) is 0 Å². The fourth-order valence-electron chi connectivity index (χ4n) is 2.28. The number of ether oxygens (including phenoxy) is 1. The first-order valence-electron chi connectivity index (χ1n) is 5.54. The summed E-state index contributed by atoms with van der Waals surface area (Å²) in [5, 5.41) is 8.16. The monoisotopic (exact) mass is 210 g/mol. The van der Waals surface area contributed by atoms with Crippen LogP contribution in [0.1, 0.15) is 37.5 Å². The van der Waals surface area contributed by atoms with Gasteiger partial charge in [-0.15, -0.1) is 5.10 Å². The molecule has 1 aromatic heterocycles. The van der Waals surface area contributed by atoms with Crippen molar-refractivity contribution in [2.45, 2.75) is 38.1 Å². The minimum absolute atomic E-state index is 0.511. The maximum absolute atomic E-state index is 5.56. The van der Waals surface area contributed by atoms with Gasteiger partial charge in [0.1, 0.15) is 5.82 Å². The lowest BCUT2D eigenvalue weighted by Crippen LogP contribution is -2.14. The second-order valence-electron chi connectivity index (χ2n) is 3.95. The van der Waals surface area contributed by atoms with Gasteiger partial charge in [0.2, 0.25) is 0 Å². The van der Waals surface area contributed by atoms with Crippen LogP contribution in [0.5, 0.6) is 6.01 Å². The Morgan fingerprint density at radius 3 is 2.73 bits per heavy atom.